The van der Waals surface area contributed by atoms with Gasteiger partial charge < -0.3 is 14.4 Å². The average molecular weight is 646 g/mol. The second kappa shape index (κ2) is 17.5. The number of rotatable bonds is 18. The van der Waals surface area contributed by atoms with E-state index >= 15 is 0 Å². The molecule has 248 valence electrons. The molecule has 46 heavy (non-hydrogen) atoms. The zero-order chi connectivity index (χ0) is 32.1. The third-order valence-corrected chi connectivity index (χ3v) is 10.2. The van der Waals surface area contributed by atoms with Gasteiger partial charge in [0.05, 0.1) is 18.0 Å². The second-order valence-electron chi connectivity index (χ2n) is 12.6. The van der Waals surface area contributed by atoms with E-state index in [0.29, 0.717) is 6.61 Å². The fourth-order valence-electron chi connectivity index (χ4n) is 6.49. The van der Waals surface area contributed by atoms with E-state index in [1.165, 1.54) is 15.8 Å². The topological polar surface area (TPSA) is 64.0 Å². The van der Waals surface area contributed by atoms with Gasteiger partial charge in [0.25, 0.3) is 5.56 Å². The maximum Gasteiger partial charge on any atom is 0.310 e. The van der Waals surface area contributed by atoms with Crippen molar-refractivity contribution in [1.29, 1.82) is 0 Å². The average Bonchev–Trinajstić information content (AvgIpc) is 3.57. The van der Waals surface area contributed by atoms with Crippen LogP contribution in [0, 0.1) is 5.92 Å². The maximum absolute atomic E-state index is 13.1. The molecule has 0 N–H and O–H groups in total. The van der Waals surface area contributed by atoms with Gasteiger partial charge >= 0.3 is 5.97 Å². The summed E-state index contributed by atoms with van der Waals surface area (Å²) in [4.78, 5) is 31.0. The van der Waals surface area contributed by atoms with Gasteiger partial charge in [-0.15, -0.1) is 11.3 Å². The van der Waals surface area contributed by atoms with Crippen molar-refractivity contribution >= 4 is 44.0 Å². The molecule has 1 aliphatic heterocycles. The van der Waals surface area contributed by atoms with Crippen molar-refractivity contribution < 1.29 is 14.3 Å². The van der Waals surface area contributed by atoms with Crippen molar-refractivity contribution in [3.05, 3.63) is 70.3 Å². The summed E-state index contributed by atoms with van der Waals surface area (Å²) in [5.74, 6) is 0.434. The lowest BCUT2D eigenvalue weighted by atomic mass is 9.95. The number of anilines is 1. The molecule has 0 spiro atoms. The van der Waals surface area contributed by atoms with Gasteiger partial charge in [-0.1, -0.05) is 58.4 Å². The fraction of sp³-hybridized carbons (Fsp3) is 0.526. The number of fused-ring (bicyclic) bond motifs is 2. The molecule has 0 aliphatic carbocycles. The quantitative estimate of drug-likeness (QED) is 0.0799. The van der Waals surface area contributed by atoms with Crippen LogP contribution in [0.3, 0.4) is 0 Å². The van der Waals surface area contributed by atoms with Crippen molar-refractivity contribution in [1.82, 2.24) is 9.47 Å². The summed E-state index contributed by atoms with van der Waals surface area (Å²) >= 11 is 1.81. The number of hydrogen-bond donors (Lipinski definition) is 0. The monoisotopic (exact) mass is 645 g/mol. The molecule has 5 rings (SSSR count). The Morgan fingerprint density at radius 2 is 1.63 bits per heavy atom. The van der Waals surface area contributed by atoms with Gasteiger partial charge in [-0.05, 0) is 79.4 Å². The molecule has 2 aromatic carbocycles. The molecule has 2 aromatic heterocycles. The highest BCUT2D eigenvalue weighted by Crippen LogP contribution is 2.31. The number of hydrogen-bond acceptors (Lipinski definition) is 7. The molecule has 0 unspecified atom stereocenters. The SMILES string of the molecule is CCCCCC(CCCCC)C(=O)OCn1c(=O)ccc2ccc(OCCCCN3CCN(c4cccc5sccc45)CC3)cc21. The minimum Gasteiger partial charge on any atom is -0.494 e. The number of benzene rings is 2. The first-order chi connectivity index (χ1) is 22.6. The Hall–Kier alpha value is -3.36. The van der Waals surface area contributed by atoms with Crippen LogP contribution in [0.4, 0.5) is 5.69 Å². The molecule has 4 aromatic rings. The van der Waals surface area contributed by atoms with Crippen LogP contribution in [-0.2, 0) is 16.3 Å². The number of esters is 1. The molecule has 3 heterocycles. The molecule has 1 saturated heterocycles. The summed E-state index contributed by atoms with van der Waals surface area (Å²) < 4.78 is 14.8. The van der Waals surface area contributed by atoms with Crippen LogP contribution in [0.15, 0.2) is 64.8 Å². The third kappa shape index (κ3) is 9.13. The van der Waals surface area contributed by atoms with E-state index in [9.17, 15) is 9.59 Å². The van der Waals surface area contributed by atoms with E-state index in [1.54, 1.807) is 10.6 Å². The first-order valence-electron chi connectivity index (χ1n) is 17.4. The Morgan fingerprint density at radius 3 is 2.39 bits per heavy atom. The van der Waals surface area contributed by atoms with Crippen molar-refractivity contribution in [2.24, 2.45) is 5.92 Å². The van der Waals surface area contributed by atoms with E-state index < -0.39 is 0 Å². The zero-order valence-electron chi connectivity index (χ0n) is 27.8. The third-order valence-electron chi connectivity index (χ3n) is 9.27. The number of pyridine rings is 1. The van der Waals surface area contributed by atoms with Gasteiger partial charge in [0.1, 0.15) is 5.75 Å². The molecule has 8 heteroatoms. The molecule has 1 aliphatic rings. The Kier molecular flexibility index (Phi) is 13.0. The Balaban J connectivity index is 1.09. The van der Waals surface area contributed by atoms with Crippen LogP contribution in [0.1, 0.15) is 78.1 Å². The van der Waals surface area contributed by atoms with Crippen LogP contribution >= 0.6 is 11.3 Å². The molecular weight excluding hydrogens is 595 g/mol. The van der Waals surface area contributed by atoms with Crippen LogP contribution in [0.25, 0.3) is 21.0 Å². The maximum atomic E-state index is 13.1. The first-order valence-corrected chi connectivity index (χ1v) is 18.3. The summed E-state index contributed by atoms with van der Waals surface area (Å²) in [7, 11) is 0. The summed E-state index contributed by atoms with van der Waals surface area (Å²) in [5, 5.41) is 4.47. The van der Waals surface area contributed by atoms with Gasteiger partial charge in [-0.3, -0.25) is 19.1 Å². The number of aromatic nitrogens is 1. The van der Waals surface area contributed by atoms with Crippen molar-refractivity contribution in [2.75, 3.05) is 44.2 Å². The summed E-state index contributed by atoms with van der Waals surface area (Å²) in [6, 6.07) is 18.1. The van der Waals surface area contributed by atoms with Crippen LogP contribution in [0.5, 0.6) is 5.75 Å². The van der Waals surface area contributed by atoms with Gasteiger partial charge in [-0.2, -0.15) is 0 Å². The molecule has 0 saturated carbocycles. The highest BCUT2D eigenvalue weighted by Gasteiger charge is 2.21. The smallest absolute Gasteiger partial charge is 0.310 e. The number of carbonyl (C=O) groups excluding carboxylic acids is 1. The Morgan fingerprint density at radius 1 is 0.870 bits per heavy atom. The largest absolute Gasteiger partial charge is 0.494 e. The number of nitrogens with zero attached hydrogens (tertiary/aromatic N) is 3. The number of piperazine rings is 1. The van der Waals surface area contributed by atoms with Crippen molar-refractivity contribution in [3.8, 4) is 5.75 Å². The summed E-state index contributed by atoms with van der Waals surface area (Å²) in [6.45, 7) is 10.2. The Labute approximate surface area is 278 Å². The molecule has 0 bridgehead atoms. The van der Waals surface area contributed by atoms with Gasteiger partial charge in [0.2, 0.25) is 0 Å². The molecule has 0 amide bonds. The molecular formula is C38H51N3O4S. The van der Waals surface area contributed by atoms with Gasteiger partial charge in [0.15, 0.2) is 6.73 Å². The molecule has 0 radical (unpaired) electrons. The van der Waals surface area contributed by atoms with E-state index in [4.69, 9.17) is 9.47 Å². The highest BCUT2D eigenvalue weighted by molar-refractivity contribution is 7.17. The Bertz CT molecular complexity index is 1580. The lowest BCUT2D eigenvalue weighted by molar-refractivity contribution is -0.153. The molecule has 7 nitrogen and oxygen atoms in total. The van der Waals surface area contributed by atoms with Gasteiger partial charge in [-0.25, -0.2) is 0 Å². The van der Waals surface area contributed by atoms with E-state index in [2.05, 4.69) is 53.3 Å². The minimum absolute atomic E-state index is 0.0772. The van der Waals surface area contributed by atoms with Crippen molar-refractivity contribution in [2.45, 2.75) is 84.8 Å². The predicted octanol–water partition coefficient (Wildman–Crippen LogP) is 8.47. The lowest BCUT2D eigenvalue weighted by Crippen LogP contribution is -2.46. The minimum atomic E-state index is -0.190. The predicted molar refractivity (Wildman–Crippen MR) is 191 cm³/mol. The number of carbonyl (C=O) groups is 1. The van der Waals surface area contributed by atoms with Crippen LogP contribution < -0.4 is 15.2 Å². The van der Waals surface area contributed by atoms with Gasteiger partial charge in [0, 0.05) is 54.1 Å². The van der Waals surface area contributed by atoms with E-state index in [1.807, 2.05) is 35.6 Å². The van der Waals surface area contributed by atoms with Crippen molar-refractivity contribution in [3.63, 3.8) is 0 Å². The fourth-order valence-corrected chi connectivity index (χ4v) is 7.30. The normalized spacial score (nSPS) is 14.0. The number of unbranched alkanes of at least 4 members (excludes halogenated alkanes) is 5. The standard InChI is InChI=1S/C38H51N3O4S/c1-3-5-7-12-31(13-8-6-4-2)38(43)45-29-41-35-28-32(18-16-30(35)17-19-37(41)42)44-26-10-9-21-39-22-24-40(25-23-39)34-14-11-15-36-33(34)20-27-46-36/h11,14-20,27-28,31H,3-10,12-13,21-26,29H2,1-2H3. The number of ether oxygens (including phenoxy) is 2. The zero-order valence-corrected chi connectivity index (χ0v) is 28.6. The lowest BCUT2D eigenvalue weighted by Gasteiger charge is -2.36. The first kappa shape index (κ1) is 34.0. The van der Waals surface area contributed by atoms with Crippen LogP contribution in [0.2, 0.25) is 0 Å². The van der Waals surface area contributed by atoms with E-state index in [0.717, 1.165) is 114 Å². The second-order valence-corrected chi connectivity index (χ2v) is 13.5. The summed E-state index contributed by atoms with van der Waals surface area (Å²) in [5.41, 5.74) is 1.90. The van der Waals surface area contributed by atoms with E-state index in [-0.39, 0.29) is 24.2 Å². The molecule has 1 fully saturated rings. The van der Waals surface area contributed by atoms with Crippen LogP contribution in [-0.4, -0.2) is 54.8 Å². The number of thiophene rings is 1. The highest BCUT2D eigenvalue weighted by atomic mass is 32.1. The molecule has 0 atom stereocenters. The summed E-state index contributed by atoms with van der Waals surface area (Å²) in [6.07, 6.45) is 10.3.